The second-order valence-corrected chi connectivity index (χ2v) is 7.30. The van der Waals surface area contributed by atoms with Gasteiger partial charge in [0.15, 0.2) is 6.61 Å². The Kier molecular flexibility index (Phi) is 5.24. The molecule has 0 atom stereocenters. The summed E-state index contributed by atoms with van der Waals surface area (Å²) in [6.07, 6.45) is 0. The zero-order valence-corrected chi connectivity index (χ0v) is 17.6. The number of nitrogens with zero attached hydrogens (tertiary/aromatic N) is 1. The third-order valence-corrected chi connectivity index (χ3v) is 5.13. The second kappa shape index (κ2) is 8.51. The highest BCUT2D eigenvalue weighted by Crippen LogP contribution is 2.30. The van der Waals surface area contributed by atoms with Crippen LogP contribution in [0.5, 0.6) is 11.5 Å². The van der Waals surface area contributed by atoms with Gasteiger partial charge in [0.2, 0.25) is 5.95 Å². The van der Waals surface area contributed by atoms with Crippen molar-refractivity contribution < 1.29 is 18.7 Å². The summed E-state index contributed by atoms with van der Waals surface area (Å²) in [6, 6.07) is 21.4. The van der Waals surface area contributed by atoms with Crippen molar-refractivity contribution in [3.05, 3.63) is 83.2 Å². The number of fused-ring (bicyclic) bond motifs is 2. The van der Waals surface area contributed by atoms with Crippen LogP contribution in [0.25, 0.3) is 33.1 Å². The Morgan fingerprint density at radius 1 is 1.03 bits per heavy atom. The zero-order chi connectivity index (χ0) is 22.8. The standard InChI is InChI=1S/C25H19N3O5/c1-31-16-8-6-15(7-9-16)19-13-24(30)33-22-12-17(10-11-18(19)22)32-14-23(29)28-25-26-20-4-2-3-5-21(20)27-25/h2-13H,14H2,1H3,(H2,26,27,28,29). The highest BCUT2D eigenvalue weighted by molar-refractivity contribution is 5.94. The Morgan fingerprint density at radius 2 is 1.82 bits per heavy atom. The SMILES string of the molecule is COc1ccc(-c2cc(=O)oc3cc(OCC(=O)Nc4nc5ccccc5[nH]4)ccc23)cc1. The molecule has 0 fully saturated rings. The van der Waals surface area contributed by atoms with Crippen LogP contribution in [-0.2, 0) is 4.79 Å². The number of H-pyrrole nitrogens is 1. The molecular formula is C25H19N3O5. The van der Waals surface area contributed by atoms with Crippen LogP contribution in [-0.4, -0.2) is 29.6 Å². The van der Waals surface area contributed by atoms with Crippen LogP contribution in [0.4, 0.5) is 5.95 Å². The van der Waals surface area contributed by atoms with E-state index in [1.165, 1.54) is 6.07 Å². The van der Waals surface area contributed by atoms with Gasteiger partial charge in [0, 0.05) is 17.5 Å². The van der Waals surface area contributed by atoms with Crippen LogP contribution in [0, 0.1) is 0 Å². The first-order valence-electron chi connectivity index (χ1n) is 10.2. The maximum atomic E-state index is 12.3. The lowest BCUT2D eigenvalue weighted by Gasteiger charge is -2.09. The number of carbonyl (C=O) groups excluding carboxylic acids is 1. The van der Waals surface area contributed by atoms with Crippen LogP contribution < -0.4 is 20.4 Å². The van der Waals surface area contributed by atoms with E-state index >= 15 is 0 Å². The van der Waals surface area contributed by atoms with Crippen molar-refractivity contribution >= 4 is 33.9 Å². The van der Waals surface area contributed by atoms with Crippen LogP contribution >= 0.6 is 0 Å². The molecule has 33 heavy (non-hydrogen) atoms. The van der Waals surface area contributed by atoms with E-state index in [0.29, 0.717) is 17.3 Å². The van der Waals surface area contributed by atoms with Crippen molar-refractivity contribution in [3.63, 3.8) is 0 Å². The average Bonchev–Trinajstić information content (AvgIpc) is 3.24. The molecule has 164 valence electrons. The molecule has 8 nitrogen and oxygen atoms in total. The summed E-state index contributed by atoms with van der Waals surface area (Å²) in [6.45, 7) is -0.231. The molecule has 2 aromatic heterocycles. The number of nitrogens with one attached hydrogen (secondary N) is 2. The van der Waals surface area contributed by atoms with Crippen molar-refractivity contribution in [2.45, 2.75) is 0 Å². The lowest BCUT2D eigenvalue weighted by Crippen LogP contribution is -2.20. The molecule has 0 unspecified atom stereocenters. The number of hydrogen-bond donors (Lipinski definition) is 2. The number of carbonyl (C=O) groups is 1. The van der Waals surface area contributed by atoms with Crippen molar-refractivity contribution in [1.82, 2.24) is 9.97 Å². The maximum absolute atomic E-state index is 12.3. The molecule has 0 saturated carbocycles. The predicted molar refractivity (Wildman–Crippen MR) is 125 cm³/mol. The molecule has 3 aromatic carbocycles. The molecule has 0 spiro atoms. The van der Waals surface area contributed by atoms with E-state index in [1.54, 1.807) is 25.3 Å². The fourth-order valence-corrected chi connectivity index (χ4v) is 3.57. The smallest absolute Gasteiger partial charge is 0.336 e. The largest absolute Gasteiger partial charge is 0.497 e. The topological polar surface area (TPSA) is 106 Å². The molecule has 5 aromatic rings. The van der Waals surface area contributed by atoms with Crippen LogP contribution in [0.15, 0.2) is 82.0 Å². The molecule has 0 bridgehead atoms. The van der Waals surface area contributed by atoms with Gasteiger partial charge in [0.05, 0.1) is 18.1 Å². The Labute approximate surface area is 187 Å². The quantitative estimate of drug-likeness (QED) is 0.379. The predicted octanol–water partition coefficient (Wildman–Crippen LogP) is 4.36. The van der Waals surface area contributed by atoms with Gasteiger partial charge in [-0.15, -0.1) is 0 Å². The van der Waals surface area contributed by atoms with E-state index in [1.807, 2.05) is 48.5 Å². The summed E-state index contributed by atoms with van der Waals surface area (Å²) in [4.78, 5) is 31.8. The highest BCUT2D eigenvalue weighted by Gasteiger charge is 2.11. The van der Waals surface area contributed by atoms with Gasteiger partial charge in [-0.2, -0.15) is 0 Å². The Hall–Kier alpha value is -4.59. The van der Waals surface area contributed by atoms with E-state index in [4.69, 9.17) is 13.9 Å². The van der Waals surface area contributed by atoms with Crippen LogP contribution in [0.2, 0.25) is 0 Å². The number of para-hydroxylation sites is 2. The third kappa shape index (κ3) is 4.27. The molecule has 0 aliphatic carbocycles. The summed E-state index contributed by atoms with van der Waals surface area (Å²) >= 11 is 0. The Morgan fingerprint density at radius 3 is 2.61 bits per heavy atom. The van der Waals surface area contributed by atoms with E-state index in [2.05, 4.69) is 15.3 Å². The summed E-state index contributed by atoms with van der Waals surface area (Å²) in [7, 11) is 1.60. The molecule has 2 heterocycles. The maximum Gasteiger partial charge on any atom is 0.336 e. The second-order valence-electron chi connectivity index (χ2n) is 7.30. The first-order valence-corrected chi connectivity index (χ1v) is 10.2. The van der Waals surface area contributed by atoms with E-state index in [-0.39, 0.29) is 12.5 Å². The van der Waals surface area contributed by atoms with Gasteiger partial charge in [0.1, 0.15) is 17.1 Å². The molecule has 0 aliphatic rings. The molecule has 0 aliphatic heterocycles. The normalized spacial score (nSPS) is 10.9. The number of amides is 1. The number of anilines is 1. The molecule has 8 heteroatoms. The van der Waals surface area contributed by atoms with Crippen LogP contribution in [0.1, 0.15) is 0 Å². The van der Waals surface area contributed by atoms with Crippen LogP contribution in [0.3, 0.4) is 0 Å². The summed E-state index contributed by atoms with van der Waals surface area (Å²) in [5, 5.41) is 3.42. The Bertz CT molecular complexity index is 1490. The molecule has 0 radical (unpaired) electrons. The fourth-order valence-electron chi connectivity index (χ4n) is 3.57. The summed E-state index contributed by atoms with van der Waals surface area (Å²) < 4.78 is 16.2. The van der Waals surface area contributed by atoms with E-state index in [0.717, 1.165) is 33.3 Å². The third-order valence-electron chi connectivity index (χ3n) is 5.13. The van der Waals surface area contributed by atoms with Crippen molar-refractivity contribution in [3.8, 4) is 22.6 Å². The van der Waals surface area contributed by atoms with Gasteiger partial charge in [-0.05, 0) is 47.5 Å². The number of rotatable bonds is 6. The summed E-state index contributed by atoms with van der Waals surface area (Å²) in [5.41, 5.74) is 3.05. The number of aromatic nitrogens is 2. The van der Waals surface area contributed by atoms with Crippen molar-refractivity contribution in [1.29, 1.82) is 0 Å². The van der Waals surface area contributed by atoms with Gasteiger partial charge in [-0.3, -0.25) is 10.1 Å². The lowest BCUT2D eigenvalue weighted by atomic mass is 10.0. The first kappa shape index (κ1) is 20.3. The molecule has 2 N–H and O–H groups in total. The van der Waals surface area contributed by atoms with E-state index in [9.17, 15) is 9.59 Å². The van der Waals surface area contributed by atoms with E-state index < -0.39 is 5.63 Å². The molecule has 5 rings (SSSR count). The number of imidazole rings is 1. The number of ether oxygens (including phenoxy) is 2. The van der Waals surface area contributed by atoms with Gasteiger partial charge < -0.3 is 18.9 Å². The van der Waals surface area contributed by atoms with Gasteiger partial charge >= 0.3 is 5.63 Å². The zero-order valence-electron chi connectivity index (χ0n) is 17.6. The number of aromatic amines is 1. The molecule has 0 saturated heterocycles. The van der Waals surface area contributed by atoms with Gasteiger partial charge in [-0.25, -0.2) is 9.78 Å². The average molecular weight is 441 g/mol. The monoisotopic (exact) mass is 441 g/mol. The minimum absolute atomic E-state index is 0.231. The Balaban J connectivity index is 1.33. The molecular weight excluding hydrogens is 422 g/mol. The molecule has 1 amide bonds. The number of methoxy groups -OCH3 is 1. The minimum Gasteiger partial charge on any atom is -0.497 e. The first-order chi connectivity index (χ1) is 16.1. The highest BCUT2D eigenvalue weighted by atomic mass is 16.5. The van der Waals surface area contributed by atoms with Crippen molar-refractivity contribution in [2.24, 2.45) is 0 Å². The van der Waals surface area contributed by atoms with Crippen molar-refractivity contribution in [2.75, 3.05) is 19.0 Å². The minimum atomic E-state index is -0.479. The lowest BCUT2D eigenvalue weighted by molar-refractivity contribution is -0.118. The fraction of sp³-hybridized carbons (Fsp3) is 0.0800. The summed E-state index contributed by atoms with van der Waals surface area (Å²) in [5.74, 6) is 1.10. The number of hydrogen-bond acceptors (Lipinski definition) is 6. The van der Waals surface area contributed by atoms with Gasteiger partial charge in [0.25, 0.3) is 5.91 Å². The van der Waals surface area contributed by atoms with Gasteiger partial charge in [-0.1, -0.05) is 24.3 Å². The number of benzene rings is 3.